The number of halogens is 3. The van der Waals surface area contributed by atoms with E-state index in [1.54, 1.807) is 31.9 Å². The number of methoxy groups -OCH3 is 1. The van der Waals surface area contributed by atoms with E-state index in [9.17, 15) is 22.8 Å². The zero-order valence-corrected chi connectivity index (χ0v) is 21.8. The summed E-state index contributed by atoms with van der Waals surface area (Å²) in [6.07, 6.45) is -2.25. The van der Waals surface area contributed by atoms with Gasteiger partial charge in [-0.15, -0.1) is 0 Å². The van der Waals surface area contributed by atoms with E-state index in [2.05, 4.69) is 9.97 Å². The first-order valence-corrected chi connectivity index (χ1v) is 12.2. The van der Waals surface area contributed by atoms with E-state index in [0.29, 0.717) is 34.5 Å². The molecular formula is C27H31F3N4O3. The third-order valence-corrected chi connectivity index (χ3v) is 7.45. The molecule has 198 valence electrons. The minimum Gasteiger partial charge on any atom is -0.371 e. The van der Waals surface area contributed by atoms with Crippen molar-refractivity contribution in [3.8, 4) is 0 Å². The Morgan fingerprint density at radius 2 is 1.95 bits per heavy atom. The van der Waals surface area contributed by atoms with Crippen LogP contribution in [-0.2, 0) is 28.6 Å². The van der Waals surface area contributed by atoms with Crippen molar-refractivity contribution in [2.45, 2.75) is 64.5 Å². The van der Waals surface area contributed by atoms with Gasteiger partial charge in [-0.3, -0.25) is 14.2 Å². The number of aromatic nitrogens is 3. The van der Waals surface area contributed by atoms with Crippen LogP contribution < -0.4 is 5.56 Å². The largest absolute Gasteiger partial charge is 0.371 e. The number of fused-ring (bicyclic) bond motifs is 1. The van der Waals surface area contributed by atoms with Gasteiger partial charge in [0.15, 0.2) is 0 Å². The van der Waals surface area contributed by atoms with Gasteiger partial charge in [-0.2, -0.15) is 0 Å². The first-order valence-electron chi connectivity index (χ1n) is 12.2. The van der Waals surface area contributed by atoms with E-state index in [4.69, 9.17) is 4.74 Å². The molecule has 0 aliphatic carbocycles. The van der Waals surface area contributed by atoms with Crippen LogP contribution in [-0.4, -0.2) is 45.0 Å². The Morgan fingerprint density at radius 1 is 1.27 bits per heavy atom. The van der Waals surface area contributed by atoms with Crippen molar-refractivity contribution in [3.63, 3.8) is 0 Å². The number of nitrogens with zero attached hydrogens (tertiary/aromatic N) is 4. The molecule has 7 nitrogen and oxygen atoms in total. The Balaban J connectivity index is 1.86. The number of benzene rings is 1. The second-order valence-corrected chi connectivity index (χ2v) is 9.93. The molecule has 1 unspecified atom stereocenters. The van der Waals surface area contributed by atoms with Gasteiger partial charge in [0, 0.05) is 38.9 Å². The summed E-state index contributed by atoms with van der Waals surface area (Å²) in [5, 5.41) is 0.588. The molecule has 3 atom stereocenters. The number of hydrogen-bond donors (Lipinski definition) is 0. The number of alkyl halides is 2. The molecule has 1 saturated heterocycles. The van der Waals surface area contributed by atoms with E-state index < -0.39 is 29.3 Å². The lowest BCUT2D eigenvalue weighted by Gasteiger charge is -2.28. The van der Waals surface area contributed by atoms with Crippen LogP contribution in [0.2, 0.25) is 0 Å². The Hall–Kier alpha value is -3.27. The van der Waals surface area contributed by atoms with Crippen molar-refractivity contribution in [2.75, 3.05) is 13.7 Å². The molecule has 37 heavy (non-hydrogen) atoms. The number of aryl methyl sites for hydroxylation is 2. The Morgan fingerprint density at radius 3 is 2.54 bits per heavy atom. The quantitative estimate of drug-likeness (QED) is 0.481. The summed E-state index contributed by atoms with van der Waals surface area (Å²) in [4.78, 5) is 36.5. The highest BCUT2D eigenvalue weighted by Crippen LogP contribution is 2.39. The maximum atomic E-state index is 14.9. The molecule has 0 bridgehead atoms. The summed E-state index contributed by atoms with van der Waals surface area (Å²) in [5.41, 5.74) is -0.417. The van der Waals surface area contributed by atoms with Gasteiger partial charge in [0.1, 0.15) is 22.9 Å². The lowest BCUT2D eigenvalue weighted by molar-refractivity contribution is -0.130. The SMILES string of the molecule is COC1(c2cc3c(C[C@H](C)c4cccc(C(F)F)c4F)nc(C)nc3n(C)c2=O)C[C@@H](C)N(C(C)=O)C1. The number of rotatable bonds is 6. The third-order valence-electron chi connectivity index (χ3n) is 7.45. The molecule has 0 spiro atoms. The Labute approximate surface area is 213 Å². The maximum absolute atomic E-state index is 14.9. The second kappa shape index (κ2) is 9.89. The fraction of sp³-hybridized carbons (Fsp3) is 0.481. The molecule has 1 fully saturated rings. The van der Waals surface area contributed by atoms with Crippen molar-refractivity contribution in [2.24, 2.45) is 7.05 Å². The van der Waals surface area contributed by atoms with Crippen LogP contribution in [0.3, 0.4) is 0 Å². The summed E-state index contributed by atoms with van der Waals surface area (Å²) in [5.74, 6) is -1.08. The zero-order valence-electron chi connectivity index (χ0n) is 21.8. The maximum Gasteiger partial charge on any atom is 0.266 e. The summed E-state index contributed by atoms with van der Waals surface area (Å²) in [6, 6.07) is 5.59. The highest BCUT2D eigenvalue weighted by molar-refractivity contribution is 5.79. The molecule has 3 aromatic rings. The van der Waals surface area contributed by atoms with E-state index in [0.717, 1.165) is 6.07 Å². The van der Waals surface area contributed by atoms with Crippen LogP contribution in [0.1, 0.15) is 67.7 Å². The normalized spacial score (nSPS) is 20.7. The first-order chi connectivity index (χ1) is 17.4. The molecule has 3 heterocycles. The zero-order chi connectivity index (χ0) is 27.2. The van der Waals surface area contributed by atoms with Crippen LogP contribution in [0, 0.1) is 12.7 Å². The van der Waals surface area contributed by atoms with Crippen molar-refractivity contribution in [1.29, 1.82) is 0 Å². The van der Waals surface area contributed by atoms with Crippen LogP contribution in [0.5, 0.6) is 0 Å². The number of amides is 1. The average molecular weight is 517 g/mol. The van der Waals surface area contributed by atoms with Crippen molar-refractivity contribution < 1.29 is 22.7 Å². The molecule has 2 aromatic heterocycles. The number of pyridine rings is 1. The van der Waals surface area contributed by atoms with Gasteiger partial charge >= 0.3 is 0 Å². The molecular weight excluding hydrogens is 485 g/mol. The van der Waals surface area contributed by atoms with E-state index >= 15 is 0 Å². The molecule has 1 aromatic carbocycles. The monoisotopic (exact) mass is 516 g/mol. The van der Waals surface area contributed by atoms with Crippen molar-refractivity contribution in [3.05, 3.63) is 68.6 Å². The van der Waals surface area contributed by atoms with Crippen LogP contribution in [0.25, 0.3) is 11.0 Å². The second-order valence-electron chi connectivity index (χ2n) is 9.93. The van der Waals surface area contributed by atoms with Gasteiger partial charge in [0.2, 0.25) is 5.91 Å². The van der Waals surface area contributed by atoms with Crippen molar-refractivity contribution in [1.82, 2.24) is 19.4 Å². The molecule has 0 saturated carbocycles. The van der Waals surface area contributed by atoms with E-state index in [1.807, 2.05) is 6.92 Å². The van der Waals surface area contributed by atoms with Gasteiger partial charge < -0.3 is 9.64 Å². The van der Waals surface area contributed by atoms with Gasteiger partial charge in [-0.25, -0.2) is 23.1 Å². The fourth-order valence-corrected chi connectivity index (χ4v) is 5.47. The Bertz CT molecular complexity index is 1420. The lowest BCUT2D eigenvalue weighted by atomic mass is 9.89. The summed E-state index contributed by atoms with van der Waals surface area (Å²) in [6.45, 7) is 7.07. The fourth-order valence-electron chi connectivity index (χ4n) is 5.47. The number of ether oxygens (including phenoxy) is 1. The van der Waals surface area contributed by atoms with Crippen LogP contribution in [0.4, 0.5) is 13.2 Å². The summed E-state index contributed by atoms with van der Waals surface area (Å²) in [7, 11) is 3.14. The first kappa shape index (κ1) is 26.8. The molecule has 1 aliphatic rings. The molecule has 1 amide bonds. The Kier molecular flexibility index (Phi) is 7.16. The number of carbonyl (C=O) groups excluding carboxylic acids is 1. The topological polar surface area (TPSA) is 77.3 Å². The van der Waals surface area contributed by atoms with E-state index in [1.165, 1.54) is 30.7 Å². The number of hydrogen-bond acceptors (Lipinski definition) is 5. The number of carbonyl (C=O) groups is 1. The predicted octanol–water partition coefficient (Wildman–Crippen LogP) is 4.54. The summed E-state index contributed by atoms with van der Waals surface area (Å²) < 4.78 is 48.8. The van der Waals surface area contributed by atoms with Crippen LogP contribution in [0.15, 0.2) is 29.1 Å². The molecule has 1 aliphatic heterocycles. The smallest absolute Gasteiger partial charge is 0.266 e. The average Bonchev–Trinajstić information content (AvgIpc) is 3.19. The molecule has 0 N–H and O–H groups in total. The van der Waals surface area contributed by atoms with Gasteiger partial charge in [-0.05, 0) is 37.8 Å². The molecule has 4 rings (SSSR count). The third kappa shape index (κ3) is 4.63. The highest BCUT2D eigenvalue weighted by Gasteiger charge is 2.47. The number of likely N-dealkylation sites (tertiary alicyclic amines) is 1. The lowest BCUT2D eigenvalue weighted by Crippen LogP contribution is -2.40. The standard InChI is InChI=1S/C27H31F3N4O3/c1-14(18-8-7-9-19(23(18)28)24(29)30)10-22-20-11-21(26(36)33(5)25(20)32-16(3)31-22)27(37-6)12-15(2)34(13-27)17(4)35/h7-9,11,14-15,24H,10,12-13H2,1-6H3/t14-,15+,27?/m0/s1. The minimum atomic E-state index is -2.92. The predicted molar refractivity (Wildman–Crippen MR) is 133 cm³/mol. The highest BCUT2D eigenvalue weighted by atomic mass is 19.3. The van der Waals surface area contributed by atoms with Crippen LogP contribution >= 0.6 is 0 Å². The minimum absolute atomic E-state index is 0.106. The van der Waals surface area contributed by atoms with Gasteiger partial charge in [-0.1, -0.05) is 25.1 Å². The summed E-state index contributed by atoms with van der Waals surface area (Å²) >= 11 is 0. The van der Waals surface area contributed by atoms with E-state index in [-0.39, 0.29) is 36.0 Å². The van der Waals surface area contributed by atoms with Crippen molar-refractivity contribution >= 4 is 16.9 Å². The van der Waals surface area contributed by atoms with Gasteiger partial charge in [0.25, 0.3) is 12.0 Å². The van der Waals surface area contributed by atoms with Gasteiger partial charge in [0.05, 0.1) is 23.4 Å². The molecule has 10 heteroatoms. The molecule has 0 radical (unpaired) electrons.